The lowest BCUT2D eigenvalue weighted by molar-refractivity contribution is -0.697. The number of nitrogens with zero attached hydrogens (tertiary/aromatic N) is 1. The number of aryl methyl sites for hydroxylation is 2. The number of pyridine rings is 1. The van der Waals surface area contributed by atoms with E-state index in [1.807, 2.05) is 0 Å². The Kier molecular flexibility index (Phi) is 9.09. The van der Waals surface area contributed by atoms with E-state index in [1.54, 1.807) is 11.3 Å². The smallest absolute Gasteiger partial charge is 0.185 e. The van der Waals surface area contributed by atoms with Crippen molar-refractivity contribution in [3.8, 4) is 0 Å². The third-order valence-corrected chi connectivity index (χ3v) is 5.08. The first-order valence-electron chi connectivity index (χ1n) is 9.26. The Bertz CT molecular complexity index is 454. The van der Waals surface area contributed by atoms with Gasteiger partial charge in [0.1, 0.15) is 6.54 Å². The average molecular weight is 324 g/mol. The van der Waals surface area contributed by atoms with Crippen molar-refractivity contribution >= 4 is 0 Å². The quantitative estimate of drug-likeness (QED) is 0.485. The van der Waals surface area contributed by atoms with Crippen LogP contribution in [-0.4, -0.2) is 0 Å². The number of fused-ring (bicyclic) bond motifs is 1. The molecule has 1 aliphatic heterocycles. The molecule has 1 nitrogen and oxygen atoms in total. The van der Waals surface area contributed by atoms with Gasteiger partial charge >= 0.3 is 0 Å². The Morgan fingerprint density at radius 3 is 2.27 bits per heavy atom. The SMILES string of the molecule is CCCCCCCCCCc1c(C)cc(C)[n+]2c1CCC2.[Cl-]. The molecule has 0 unspecified atom stereocenters. The summed E-state index contributed by atoms with van der Waals surface area (Å²) in [5.41, 5.74) is 6.31. The molecule has 0 aromatic carbocycles. The lowest BCUT2D eigenvalue weighted by Crippen LogP contribution is -3.00. The molecular weight excluding hydrogens is 290 g/mol. The highest BCUT2D eigenvalue weighted by Crippen LogP contribution is 2.21. The van der Waals surface area contributed by atoms with Crippen LogP contribution in [-0.2, 0) is 19.4 Å². The van der Waals surface area contributed by atoms with E-state index < -0.39 is 0 Å². The molecule has 0 spiro atoms. The zero-order valence-corrected chi connectivity index (χ0v) is 15.6. The highest BCUT2D eigenvalue weighted by atomic mass is 35.5. The van der Waals surface area contributed by atoms with E-state index >= 15 is 0 Å². The second-order valence-electron chi connectivity index (χ2n) is 6.87. The Morgan fingerprint density at radius 1 is 0.955 bits per heavy atom. The summed E-state index contributed by atoms with van der Waals surface area (Å²) in [6, 6.07) is 2.40. The zero-order chi connectivity index (χ0) is 15.1. The third-order valence-electron chi connectivity index (χ3n) is 5.08. The third kappa shape index (κ3) is 5.26. The Balaban J connectivity index is 0.00000242. The molecule has 0 atom stereocenters. The molecule has 126 valence electrons. The molecule has 1 aliphatic rings. The maximum Gasteiger partial charge on any atom is 0.185 e. The van der Waals surface area contributed by atoms with Crippen LogP contribution in [0.25, 0.3) is 0 Å². The van der Waals surface area contributed by atoms with E-state index in [2.05, 4.69) is 31.4 Å². The Morgan fingerprint density at radius 2 is 1.59 bits per heavy atom. The second-order valence-corrected chi connectivity index (χ2v) is 6.87. The van der Waals surface area contributed by atoms with Crippen molar-refractivity contribution in [2.24, 2.45) is 0 Å². The fourth-order valence-electron chi connectivity index (χ4n) is 3.86. The number of hydrogen-bond acceptors (Lipinski definition) is 0. The summed E-state index contributed by atoms with van der Waals surface area (Å²) in [6.45, 7) is 8.11. The highest BCUT2D eigenvalue weighted by molar-refractivity contribution is 5.29. The molecule has 0 aliphatic carbocycles. The molecule has 0 saturated carbocycles. The van der Waals surface area contributed by atoms with Gasteiger partial charge in [0.05, 0.1) is 0 Å². The molecule has 2 rings (SSSR count). The van der Waals surface area contributed by atoms with Crippen molar-refractivity contribution in [3.05, 3.63) is 28.6 Å². The van der Waals surface area contributed by atoms with Crippen LogP contribution in [0, 0.1) is 13.8 Å². The van der Waals surface area contributed by atoms with Crippen LogP contribution in [0.15, 0.2) is 6.07 Å². The number of aromatic nitrogens is 1. The van der Waals surface area contributed by atoms with Gasteiger partial charge < -0.3 is 12.4 Å². The summed E-state index contributed by atoms with van der Waals surface area (Å²) in [6.07, 6.45) is 15.3. The average Bonchev–Trinajstić information content (AvgIpc) is 2.94. The van der Waals surface area contributed by atoms with Crippen molar-refractivity contribution in [2.75, 3.05) is 0 Å². The van der Waals surface area contributed by atoms with Crippen LogP contribution >= 0.6 is 0 Å². The Labute approximate surface area is 143 Å². The van der Waals surface area contributed by atoms with E-state index in [-0.39, 0.29) is 12.4 Å². The van der Waals surface area contributed by atoms with Gasteiger partial charge in [-0.05, 0) is 25.3 Å². The van der Waals surface area contributed by atoms with Crippen LogP contribution in [0.2, 0.25) is 0 Å². The van der Waals surface area contributed by atoms with Crippen LogP contribution in [0.4, 0.5) is 0 Å². The summed E-state index contributed by atoms with van der Waals surface area (Å²) >= 11 is 0. The first-order chi connectivity index (χ1) is 10.2. The maximum absolute atomic E-state index is 2.56. The van der Waals surface area contributed by atoms with E-state index in [0.717, 1.165) is 0 Å². The molecule has 0 radical (unpaired) electrons. The van der Waals surface area contributed by atoms with Crippen molar-refractivity contribution in [1.82, 2.24) is 0 Å². The largest absolute Gasteiger partial charge is 1.00 e. The van der Waals surface area contributed by atoms with Gasteiger partial charge in [-0.15, -0.1) is 0 Å². The Hall–Kier alpha value is -0.560. The first kappa shape index (κ1) is 19.5. The number of rotatable bonds is 9. The lowest BCUT2D eigenvalue weighted by atomic mass is 9.98. The summed E-state index contributed by atoms with van der Waals surface area (Å²) in [7, 11) is 0. The monoisotopic (exact) mass is 323 g/mol. The molecule has 22 heavy (non-hydrogen) atoms. The predicted octanol–water partition coefficient (Wildman–Crippen LogP) is 2.22. The molecule has 0 N–H and O–H groups in total. The van der Waals surface area contributed by atoms with Gasteiger partial charge in [0, 0.05) is 31.4 Å². The molecule has 0 fully saturated rings. The van der Waals surface area contributed by atoms with Crippen molar-refractivity contribution in [3.63, 3.8) is 0 Å². The van der Waals surface area contributed by atoms with Crippen molar-refractivity contribution in [1.29, 1.82) is 0 Å². The fraction of sp³-hybridized carbons (Fsp3) is 0.750. The molecule has 2 heterocycles. The van der Waals surface area contributed by atoms with Crippen LogP contribution in [0.5, 0.6) is 0 Å². The van der Waals surface area contributed by atoms with Crippen molar-refractivity contribution in [2.45, 2.75) is 97.9 Å². The summed E-state index contributed by atoms with van der Waals surface area (Å²) in [4.78, 5) is 0. The molecule has 0 saturated heterocycles. The molecule has 0 bridgehead atoms. The lowest BCUT2D eigenvalue weighted by Gasteiger charge is -2.09. The molecule has 2 heteroatoms. The van der Waals surface area contributed by atoms with E-state index in [4.69, 9.17) is 0 Å². The van der Waals surface area contributed by atoms with Gasteiger partial charge in [0.25, 0.3) is 0 Å². The van der Waals surface area contributed by atoms with Crippen LogP contribution in [0.1, 0.15) is 87.2 Å². The zero-order valence-electron chi connectivity index (χ0n) is 14.9. The molecule has 1 aromatic heterocycles. The minimum Gasteiger partial charge on any atom is -1.00 e. The number of unbranched alkanes of at least 4 members (excludes halogenated alkanes) is 7. The van der Waals surface area contributed by atoms with Gasteiger partial charge in [-0.25, -0.2) is 0 Å². The fourth-order valence-corrected chi connectivity index (χ4v) is 3.86. The minimum atomic E-state index is 0. The number of hydrogen-bond donors (Lipinski definition) is 0. The standard InChI is InChI=1S/C20H34N.ClH/c1-4-5-6-7-8-9-10-11-13-19-17(2)16-18(3)21-15-12-14-20(19)21;/h16H,4-15H2,1-3H3;1H/q+1;/p-1. The van der Waals surface area contributed by atoms with Crippen LogP contribution in [0.3, 0.4) is 0 Å². The highest BCUT2D eigenvalue weighted by Gasteiger charge is 2.25. The second kappa shape index (κ2) is 10.3. The van der Waals surface area contributed by atoms with Gasteiger partial charge in [0.15, 0.2) is 11.4 Å². The number of halogens is 1. The van der Waals surface area contributed by atoms with E-state index in [1.165, 1.54) is 88.4 Å². The van der Waals surface area contributed by atoms with E-state index in [0.29, 0.717) is 0 Å². The van der Waals surface area contributed by atoms with Gasteiger partial charge in [-0.1, -0.05) is 51.9 Å². The summed E-state index contributed by atoms with van der Waals surface area (Å²) < 4.78 is 2.56. The summed E-state index contributed by atoms with van der Waals surface area (Å²) in [5, 5.41) is 0. The first-order valence-corrected chi connectivity index (χ1v) is 9.26. The van der Waals surface area contributed by atoms with E-state index in [9.17, 15) is 0 Å². The maximum atomic E-state index is 2.56. The normalized spacial score (nSPS) is 13.0. The van der Waals surface area contributed by atoms with Gasteiger partial charge in [-0.3, -0.25) is 0 Å². The van der Waals surface area contributed by atoms with Crippen LogP contribution < -0.4 is 17.0 Å². The minimum absolute atomic E-state index is 0. The van der Waals surface area contributed by atoms with Crippen molar-refractivity contribution < 1.29 is 17.0 Å². The molecule has 0 amide bonds. The van der Waals surface area contributed by atoms with Gasteiger partial charge in [-0.2, -0.15) is 4.57 Å². The summed E-state index contributed by atoms with van der Waals surface area (Å²) in [5.74, 6) is 0. The molecule has 1 aromatic rings. The predicted molar refractivity (Wildman–Crippen MR) is 90.7 cm³/mol. The van der Waals surface area contributed by atoms with Gasteiger partial charge in [0.2, 0.25) is 0 Å². The topological polar surface area (TPSA) is 3.88 Å². The molecular formula is C20H34ClN.